The molecule has 1 saturated carbocycles. The number of hydrogen-bond acceptors (Lipinski definition) is 4. The molecule has 0 aromatic heterocycles. The number of benzene rings is 2. The van der Waals surface area contributed by atoms with Crippen molar-refractivity contribution in [3.05, 3.63) is 59.7 Å². The van der Waals surface area contributed by atoms with E-state index < -0.39 is 12.2 Å². The van der Waals surface area contributed by atoms with E-state index in [-0.39, 0.29) is 12.2 Å². The van der Waals surface area contributed by atoms with E-state index >= 15 is 0 Å². The molecule has 1 aliphatic rings. The van der Waals surface area contributed by atoms with E-state index in [0.717, 1.165) is 48.3 Å². The van der Waals surface area contributed by atoms with Crippen LogP contribution in [0.5, 0.6) is 11.5 Å². The lowest BCUT2D eigenvalue weighted by molar-refractivity contribution is 0.0680. The van der Waals surface area contributed by atoms with Gasteiger partial charge in [-0.15, -0.1) is 0 Å². The summed E-state index contributed by atoms with van der Waals surface area (Å²) in [6, 6.07) is 15.3. The van der Waals surface area contributed by atoms with Gasteiger partial charge in [0, 0.05) is 6.42 Å². The Balaban J connectivity index is 1.55. The van der Waals surface area contributed by atoms with Gasteiger partial charge in [0.25, 0.3) is 0 Å². The van der Waals surface area contributed by atoms with Crippen LogP contribution in [-0.4, -0.2) is 22.4 Å². The van der Waals surface area contributed by atoms with Gasteiger partial charge in [-0.1, -0.05) is 24.3 Å². The summed E-state index contributed by atoms with van der Waals surface area (Å²) in [4.78, 5) is 0. The molecule has 0 radical (unpaired) electrons. The predicted molar refractivity (Wildman–Crippen MR) is 101 cm³/mol. The lowest BCUT2D eigenvalue weighted by atomic mass is 9.94. The second-order valence-electron chi connectivity index (χ2n) is 7.14. The molecule has 0 bridgehead atoms. The Kier molecular flexibility index (Phi) is 6.17. The van der Waals surface area contributed by atoms with Crippen LogP contribution < -0.4 is 9.47 Å². The highest BCUT2D eigenvalue weighted by Crippen LogP contribution is 2.28. The molecular formula is C22H28O4. The molecule has 4 unspecified atom stereocenters. The van der Waals surface area contributed by atoms with Gasteiger partial charge in [0.05, 0.1) is 12.2 Å². The molecule has 4 heteroatoms. The molecule has 2 aromatic carbocycles. The van der Waals surface area contributed by atoms with Gasteiger partial charge < -0.3 is 19.7 Å². The van der Waals surface area contributed by atoms with E-state index in [1.165, 1.54) is 0 Å². The van der Waals surface area contributed by atoms with Gasteiger partial charge in [-0.25, -0.2) is 0 Å². The lowest BCUT2D eigenvalue weighted by Gasteiger charge is -2.30. The van der Waals surface area contributed by atoms with Crippen LogP contribution in [0.3, 0.4) is 0 Å². The topological polar surface area (TPSA) is 58.9 Å². The van der Waals surface area contributed by atoms with Gasteiger partial charge in [-0.2, -0.15) is 0 Å². The zero-order chi connectivity index (χ0) is 18.5. The third-order valence-electron chi connectivity index (χ3n) is 4.91. The molecule has 0 saturated heterocycles. The Hall–Kier alpha value is -2.04. The Bertz CT molecular complexity index is 617. The molecule has 2 N–H and O–H groups in total. The van der Waals surface area contributed by atoms with Gasteiger partial charge in [0.1, 0.15) is 23.7 Å². The summed E-state index contributed by atoms with van der Waals surface area (Å²) >= 11 is 0. The Morgan fingerprint density at radius 1 is 0.731 bits per heavy atom. The Morgan fingerprint density at radius 3 is 1.46 bits per heavy atom. The van der Waals surface area contributed by atoms with E-state index in [9.17, 15) is 10.2 Å². The molecular weight excluding hydrogens is 328 g/mol. The number of aliphatic hydroxyl groups excluding tert-OH is 2. The minimum absolute atomic E-state index is 0.142. The zero-order valence-electron chi connectivity index (χ0n) is 15.5. The maximum absolute atomic E-state index is 9.59. The second kappa shape index (κ2) is 8.56. The number of rotatable bonds is 6. The summed E-state index contributed by atoms with van der Waals surface area (Å²) in [5, 5.41) is 19.2. The first-order chi connectivity index (χ1) is 12.5. The molecule has 0 aliphatic heterocycles. The van der Waals surface area contributed by atoms with Gasteiger partial charge in [0.15, 0.2) is 0 Å². The van der Waals surface area contributed by atoms with Gasteiger partial charge in [-0.3, -0.25) is 0 Å². The van der Waals surface area contributed by atoms with Crippen molar-refractivity contribution in [2.75, 3.05) is 0 Å². The van der Waals surface area contributed by atoms with Crippen molar-refractivity contribution in [3.63, 3.8) is 0 Å². The first-order valence-corrected chi connectivity index (χ1v) is 9.40. The van der Waals surface area contributed by atoms with Crippen LogP contribution in [0.15, 0.2) is 48.5 Å². The molecule has 2 aromatic rings. The molecule has 3 rings (SSSR count). The van der Waals surface area contributed by atoms with Crippen LogP contribution in [0.25, 0.3) is 0 Å². The number of ether oxygens (including phenoxy) is 2. The van der Waals surface area contributed by atoms with E-state index in [1.807, 2.05) is 48.5 Å². The highest BCUT2D eigenvalue weighted by molar-refractivity contribution is 5.29. The quantitative estimate of drug-likeness (QED) is 0.796. The van der Waals surface area contributed by atoms with Crippen molar-refractivity contribution in [1.82, 2.24) is 0 Å². The first-order valence-electron chi connectivity index (χ1n) is 9.40. The van der Waals surface area contributed by atoms with E-state index in [4.69, 9.17) is 9.47 Å². The fourth-order valence-electron chi connectivity index (χ4n) is 3.35. The molecule has 1 fully saturated rings. The monoisotopic (exact) mass is 356 g/mol. The van der Waals surface area contributed by atoms with Crippen LogP contribution >= 0.6 is 0 Å². The lowest BCUT2D eigenvalue weighted by Crippen LogP contribution is -2.31. The van der Waals surface area contributed by atoms with Crippen molar-refractivity contribution in [1.29, 1.82) is 0 Å². The van der Waals surface area contributed by atoms with Crippen LogP contribution in [0.4, 0.5) is 0 Å². The predicted octanol–water partition coefficient (Wildman–Crippen LogP) is 4.56. The summed E-state index contributed by atoms with van der Waals surface area (Å²) < 4.78 is 12.2. The van der Waals surface area contributed by atoms with E-state index in [0.29, 0.717) is 0 Å². The molecule has 4 atom stereocenters. The minimum atomic E-state index is -0.461. The highest BCUT2D eigenvalue weighted by Gasteiger charge is 2.25. The van der Waals surface area contributed by atoms with E-state index in [2.05, 4.69) is 0 Å². The average Bonchev–Trinajstić information content (AvgIpc) is 2.63. The summed E-state index contributed by atoms with van der Waals surface area (Å²) in [5.41, 5.74) is 1.78. The van der Waals surface area contributed by atoms with Gasteiger partial charge in [-0.05, 0) is 68.5 Å². The van der Waals surface area contributed by atoms with Gasteiger partial charge in [0.2, 0.25) is 0 Å². The SMILES string of the molecule is CC(O)c1ccc(OC2CCCC(Oc3ccc(C(C)O)cc3)C2)cc1. The minimum Gasteiger partial charge on any atom is -0.490 e. The Labute approximate surface area is 155 Å². The van der Waals surface area contributed by atoms with Gasteiger partial charge >= 0.3 is 0 Å². The van der Waals surface area contributed by atoms with Crippen LogP contribution in [0.2, 0.25) is 0 Å². The normalized spacial score (nSPS) is 22.5. The Morgan fingerprint density at radius 2 is 1.12 bits per heavy atom. The number of aliphatic hydroxyl groups is 2. The third kappa shape index (κ3) is 4.99. The second-order valence-corrected chi connectivity index (χ2v) is 7.14. The fraction of sp³-hybridized carbons (Fsp3) is 0.455. The number of hydrogen-bond donors (Lipinski definition) is 2. The third-order valence-corrected chi connectivity index (χ3v) is 4.91. The van der Waals surface area contributed by atoms with E-state index in [1.54, 1.807) is 13.8 Å². The maximum Gasteiger partial charge on any atom is 0.119 e. The van der Waals surface area contributed by atoms with Crippen molar-refractivity contribution in [3.8, 4) is 11.5 Å². The zero-order valence-corrected chi connectivity index (χ0v) is 15.5. The summed E-state index contributed by atoms with van der Waals surface area (Å²) in [5.74, 6) is 1.67. The molecule has 1 aliphatic carbocycles. The van der Waals surface area contributed by atoms with Crippen molar-refractivity contribution >= 4 is 0 Å². The molecule has 0 amide bonds. The van der Waals surface area contributed by atoms with Crippen molar-refractivity contribution in [2.45, 2.75) is 63.9 Å². The van der Waals surface area contributed by atoms with Crippen LogP contribution in [0, 0.1) is 0 Å². The van der Waals surface area contributed by atoms with Crippen LogP contribution in [-0.2, 0) is 0 Å². The smallest absolute Gasteiger partial charge is 0.119 e. The highest BCUT2D eigenvalue weighted by atomic mass is 16.5. The standard InChI is InChI=1S/C22H28O4/c1-15(23)17-6-10-19(11-7-17)25-21-4-3-5-22(14-21)26-20-12-8-18(9-13-20)16(2)24/h6-13,15-16,21-24H,3-5,14H2,1-2H3. The average molecular weight is 356 g/mol. The summed E-state index contributed by atoms with van der Waals surface area (Å²) in [6.07, 6.45) is 3.35. The molecule has 140 valence electrons. The molecule has 0 heterocycles. The molecule has 4 nitrogen and oxygen atoms in total. The molecule has 0 spiro atoms. The summed E-state index contributed by atoms with van der Waals surface area (Å²) in [7, 11) is 0. The van der Waals surface area contributed by atoms with Crippen LogP contribution in [0.1, 0.15) is 62.9 Å². The van der Waals surface area contributed by atoms with Crippen molar-refractivity contribution < 1.29 is 19.7 Å². The van der Waals surface area contributed by atoms with Crippen molar-refractivity contribution in [2.24, 2.45) is 0 Å². The first kappa shape index (κ1) is 18.7. The summed E-state index contributed by atoms with van der Waals surface area (Å²) in [6.45, 7) is 3.51. The largest absolute Gasteiger partial charge is 0.490 e. The fourth-order valence-corrected chi connectivity index (χ4v) is 3.35. The maximum atomic E-state index is 9.59. The molecule has 26 heavy (non-hydrogen) atoms.